The summed E-state index contributed by atoms with van der Waals surface area (Å²) in [5, 5.41) is 6.86. The molecule has 0 bridgehead atoms. The zero-order chi connectivity index (χ0) is 16.7. The van der Waals surface area contributed by atoms with Gasteiger partial charge in [0.1, 0.15) is 5.75 Å². The number of benzene rings is 1. The number of methoxy groups -OCH3 is 1. The summed E-state index contributed by atoms with van der Waals surface area (Å²) in [6.45, 7) is 6.23. The third-order valence-electron chi connectivity index (χ3n) is 4.33. The van der Waals surface area contributed by atoms with Crippen LogP contribution in [-0.2, 0) is 6.42 Å². The molecule has 1 aliphatic heterocycles. The van der Waals surface area contributed by atoms with Crippen molar-refractivity contribution in [1.29, 1.82) is 0 Å². The van der Waals surface area contributed by atoms with Crippen LogP contribution in [0.2, 0.25) is 0 Å². The van der Waals surface area contributed by atoms with Gasteiger partial charge in [-0.05, 0) is 56.1 Å². The van der Waals surface area contributed by atoms with Crippen molar-refractivity contribution in [3.63, 3.8) is 0 Å². The van der Waals surface area contributed by atoms with Crippen molar-refractivity contribution in [2.45, 2.75) is 37.9 Å². The molecule has 4 nitrogen and oxygen atoms in total. The third-order valence-corrected chi connectivity index (χ3v) is 5.87. The smallest absolute Gasteiger partial charge is 0.191 e. The predicted octanol–water partition coefficient (Wildman–Crippen LogP) is 3.61. The van der Waals surface area contributed by atoms with Gasteiger partial charge in [-0.3, -0.25) is 4.99 Å². The average Bonchev–Trinajstić information content (AvgIpc) is 2.99. The molecule has 0 aliphatic carbocycles. The van der Waals surface area contributed by atoms with Crippen molar-refractivity contribution in [1.82, 2.24) is 10.6 Å². The fraction of sp³-hybridized carbons (Fsp3) is 0.611. The molecule has 2 N–H and O–H groups in total. The molecule has 1 heterocycles. The number of nitrogens with zero attached hydrogens (tertiary/aromatic N) is 1. The second-order valence-corrected chi connectivity index (χ2v) is 7.99. The van der Waals surface area contributed by atoms with Crippen LogP contribution in [-0.4, -0.2) is 43.7 Å². The number of rotatable bonds is 6. The van der Waals surface area contributed by atoms with Crippen molar-refractivity contribution >= 4 is 41.7 Å². The van der Waals surface area contributed by atoms with E-state index >= 15 is 0 Å². The number of nitrogens with one attached hydrogen (secondary N) is 2. The number of guanidine groups is 1. The van der Waals surface area contributed by atoms with E-state index in [2.05, 4.69) is 59.4 Å². The van der Waals surface area contributed by atoms with Gasteiger partial charge in [-0.15, -0.1) is 24.0 Å². The molecule has 1 aromatic carbocycles. The minimum Gasteiger partial charge on any atom is -0.496 e. The van der Waals surface area contributed by atoms with E-state index in [0.29, 0.717) is 4.75 Å². The molecule has 1 atom stereocenters. The number of aryl methyl sites for hydroxylation is 1. The summed E-state index contributed by atoms with van der Waals surface area (Å²) < 4.78 is 5.73. The Morgan fingerprint density at radius 3 is 2.79 bits per heavy atom. The van der Waals surface area contributed by atoms with Gasteiger partial charge in [-0.1, -0.05) is 12.1 Å². The lowest BCUT2D eigenvalue weighted by Gasteiger charge is -2.24. The van der Waals surface area contributed by atoms with Gasteiger partial charge in [0.15, 0.2) is 5.96 Å². The highest BCUT2D eigenvalue weighted by Crippen LogP contribution is 2.36. The van der Waals surface area contributed by atoms with Crippen LogP contribution in [0.1, 0.15) is 30.9 Å². The van der Waals surface area contributed by atoms with E-state index in [4.69, 9.17) is 4.74 Å². The molecule has 1 unspecified atom stereocenters. The lowest BCUT2D eigenvalue weighted by atomic mass is 10.1. The van der Waals surface area contributed by atoms with Crippen LogP contribution >= 0.6 is 35.7 Å². The Morgan fingerprint density at radius 1 is 1.38 bits per heavy atom. The minimum atomic E-state index is 0. The van der Waals surface area contributed by atoms with Gasteiger partial charge in [-0.25, -0.2) is 0 Å². The van der Waals surface area contributed by atoms with E-state index in [1.807, 2.05) is 7.05 Å². The standard InChI is InChI=1S/C18H29N3OS.HI/c1-14-6-7-15(12-16(14)22-4)8-10-20-17(19-3)21-13-18(2)9-5-11-23-18;/h6-7,12H,5,8-11,13H2,1-4H3,(H2,19,20,21);1H. The van der Waals surface area contributed by atoms with Crippen LogP contribution in [0.4, 0.5) is 0 Å². The van der Waals surface area contributed by atoms with Crippen molar-refractivity contribution in [3.8, 4) is 5.75 Å². The van der Waals surface area contributed by atoms with E-state index in [-0.39, 0.29) is 24.0 Å². The Bertz CT molecular complexity index is 545. The van der Waals surface area contributed by atoms with Gasteiger partial charge in [0.2, 0.25) is 0 Å². The first-order chi connectivity index (χ1) is 11.1. The maximum Gasteiger partial charge on any atom is 0.191 e. The van der Waals surface area contributed by atoms with E-state index < -0.39 is 0 Å². The largest absolute Gasteiger partial charge is 0.496 e. The minimum absolute atomic E-state index is 0. The van der Waals surface area contributed by atoms with E-state index in [9.17, 15) is 0 Å². The topological polar surface area (TPSA) is 45.7 Å². The van der Waals surface area contributed by atoms with Crippen LogP contribution in [0.3, 0.4) is 0 Å². The monoisotopic (exact) mass is 463 g/mol. The molecule has 2 rings (SSSR count). The Kier molecular flexibility index (Phi) is 9.26. The molecule has 0 radical (unpaired) electrons. The first-order valence-corrected chi connectivity index (χ1v) is 9.27. The maximum absolute atomic E-state index is 5.38. The number of hydrogen-bond acceptors (Lipinski definition) is 3. The number of hydrogen-bond donors (Lipinski definition) is 2. The summed E-state index contributed by atoms with van der Waals surface area (Å²) in [5.74, 6) is 3.12. The SMILES string of the molecule is CN=C(NCCc1ccc(C)c(OC)c1)NCC1(C)CCCS1.I. The molecule has 0 saturated carbocycles. The van der Waals surface area contributed by atoms with Gasteiger partial charge in [0.05, 0.1) is 7.11 Å². The third kappa shape index (κ3) is 6.35. The molecular weight excluding hydrogens is 433 g/mol. The Balaban J connectivity index is 0.00000288. The molecule has 1 fully saturated rings. The van der Waals surface area contributed by atoms with Crippen molar-refractivity contribution < 1.29 is 4.74 Å². The fourth-order valence-corrected chi connectivity index (χ4v) is 4.06. The summed E-state index contributed by atoms with van der Waals surface area (Å²) in [7, 11) is 3.55. The highest BCUT2D eigenvalue weighted by molar-refractivity contribution is 14.0. The molecule has 0 aromatic heterocycles. The fourth-order valence-electron chi connectivity index (χ4n) is 2.81. The van der Waals surface area contributed by atoms with E-state index in [0.717, 1.165) is 31.2 Å². The molecule has 136 valence electrons. The highest BCUT2D eigenvalue weighted by atomic mass is 127. The number of halogens is 1. The van der Waals surface area contributed by atoms with Crippen molar-refractivity contribution in [2.75, 3.05) is 33.0 Å². The van der Waals surface area contributed by atoms with E-state index in [1.54, 1.807) is 7.11 Å². The first-order valence-electron chi connectivity index (χ1n) is 8.28. The molecule has 0 amide bonds. The van der Waals surface area contributed by atoms with Crippen molar-refractivity contribution in [2.24, 2.45) is 4.99 Å². The summed E-state index contributed by atoms with van der Waals surface area (Å²) in [4.78, 5) is 4.32. The van der Waals surface area contributed by atoms with Gasteiger partial charge >= 0.3 is 0 Å². The summed E-state index contributed by atoms with van der Waals surface area (Å²) in [5.41, 5.74) is 2.44. The molecule has 1 aliphatic rings. The van der Waals surface area contributed by atoms with Crippen LogP contribution < -0.4 is 15.4 Å². The second-order valence-electron chi connectivity index (χ2n) is 6.31. The number of aliphatic imine (C=N–C) groups is 1. The molecule has 1 saturated heterocycles. The summed E-state index contributed by atoms with van der Waals surface area (Å²) in [6, 6.07) is 6.38. The quantitative estimate of drug-likeness (QED) is 0.385. The normalized spacial score (nSPS) is 20.4. The average molecular weight is 463 g/mol. The Labute approximate surface area is 167 Å². The highest BCUT2D eigenvalue weighted by Gasteiger charge is 2.29. The maximum atomic E-state index is 5.38. The van der Waals surface area contributed by atoms with Crippen molar-refractivity contribution in [3.05, 3.63) is 29.3 Å². The predicted molar refractivity (Wildman–Crippen MR) is 116 cm³/mol. The van der Waals surface area contributed by atoms with Crippen LogP contribution in [0.25, 0.3) is 0 Å². The zero-order valence-electron chi connectivity index (χ0n) is 15.1. The Morgan fingerprint density at radius 2 is 2.17 bits per heavy atom. The number of thioether (sulfide) groups is 1. The van der Waals surface area contributed by atoms with Crippen LogP contribution in [0, 0.1) is 6.92 Å². The molecular formula is C18H30IN3OS. The molecule has 24 heavy (non-hydrogen) atoms. The summed E-state index contributed by atoms with van der Waals surface area (Å²) in [6.07, 6.45) is 3.55. The summed E-state index contributed by atoms with van der Waals surface area (Å²) >= 11 is 2.06. The van der Waals surface area contributed by atoms with Crippen LogP contribution in [0.5, 0.6) is 5.75 Å². The zero-order valence-corrected chi connectivity index (χ0v) is 18.3. The molecule has 1 aromatic rings. The van der Waals surface area contributed by atoms with Gasteiger partial charge in [0, 0.05) is 24.9 Å². The van der Waals surface area contributed by atoms with Crippen LogP contribution in [0.15, 0.2) is 23.2 Å². The van der Waals surface area contributed by atoms with E-state index in [1.165, 1.54) is 29.7 Å². The molecule has 0 spiro atoms. The Hall–Kier alpha value is -0.630. The van der Waals surface area contributed by atoms with Gasteiger partial charge in [-0.2, -0.15) is 11.8 Å². The van der Waals surface area contributed by atoms with Gasteiger partial charge < -0.3 is 15.4 Å². The first kappa shape index (κ1) is 21.4. The van der Waals surface area contributed by atoms with Gasteiger partial charge in [0.25, 0.3) is 0 Å². The second kappa shape index (κ2) is 10.4. The lowest BCUT2D eigenvalue weighted by molar-refractivity contribution is 0.411. The lowest BCUT2D eigenvalue weighted by Crippen LogP contribution is -2.44. The molecule has 6 heteroatoms. The number of ether oxygens (including phenoxy) is 1.